The van der Waals surface area contributed by atoms with Gasteiger partial charge in [0.2, 0.25) is 0 Å². The second kappa shape index (κ2) is 5.89. The Balaban J connectivity index is 2.57. The molecule has 0 saturated carbocycles. The number of nitrogens with one attached hydrogen (secondary N) is 1. The Morgan fingerprint density at radius 3 is 2.47 bits per heavy atom. The first kappa shape index (κ1) is 13.0. The molecule has 0 aliphatic rings. The van der Waals surface area contributed by atoms with Gasteiger partial charge < -0.3 is 10.5 Å². The molecule has 1 aromatic rings. The Kier molecular flexibility index (Phi) is 4.51. The Morgan fingerprint density at radius 2 is 2.00 bits per heavy atom. The highest BCUT2D eigenvalue weighted by molar-refractivity contribution is 5.91. The molecule has 5 heteroatoms. The Hall–Kier alpha value is -2.04. The molecular formula is C12H17N3O2. The summed E-state index contributed by atoms with van der Waals surface area (Å²) in [5.74, 6) is -0.307. The highest BCUT2D eigenvalue weighted by Gasteiger charge is 2.21. The molecule has 1 rings (SSSR count). The van der Waals surface area contributed by atoms with Gasteiger partial charge in [0.05, 0.1) is 0 Å². The van der Waals surface area contributed by atoms with Gasteiger partial charge in [-0.1, -0.05) is 30.3 Å². The van der Waals surface area contributed by atoms with Crippen molar-refractivity contribution in [1.29, 1.82) is 5.41 Å². The van der Waals surface area contributed by atoms with E-state index in [0.29, 0.717) is 0 Å². The van der Waals surface area contributed by atoms with E-state index in [0.717, 1.165) is 10.5 Å². The van der Waals surface area contributed by atoms with Crippen LogP contribution in [0.4, 0.5) is 4.79 Å². The van der Waals surface area contributed by atoms with E-state index in [2.05, 4.69) is 0 Å². The van der Waals surface area contributed by atoms with Gasteiger partial charge in [-0.25, -0.2) is 9.69 Å². The van der Waals surface area contributed by atoms with Crippen LogP contribution in [0.15, 0.2) is 30.3 Å². The molecule has 0 bridgehead atoms. The number of nitrogens with two attached hydrogens (primary N) is 1. The summed E-state index contributed by atoms with van der Waals surface area (Å²) in [6.45, 7) is 3.71. The standard InChI is InChI=1S/C12H17N3O2/c1-9(2)15(11(13)14)12(16)17-8-10-6-4-3-5-7-10/h3-7,9H,8H2,1-2H3,(H3,13,14). The van der Waals surface area contributed by atoms with E-state index in [-0.39, 0.29) is 18.6 Å². The summed E-state index contributed by atoms with van der Waals surface area (Å²) in [5.41, 5.74) is 6.21. The minimum absolute atomic E-state index is 0.177. The largest absolute Gasteiger partial charge is 0.444 e. The number of carbonyl (C=O) groups is 1. The van der Waals surface area contributed by atoms with Gasteiger partial charge in [-0.3, -0.25) is 5.41 Å². The number of hydrogen-bond acceptors (Lipinski definition) is 3. The molecular weight excluding hydrogens is 218 g/mol. The van der Waals surface area contributed by atoms with Gasteiger partial charge in [-0.2, -0.15) is 0 Å². The second-order valence-corrected chi connectivity index (χ2v) is 3.89. The van der Waals surface area contributed by atoms with Crippen molar-refractivity contribution < 1.29 is 9.53 Å². The van der Waals surface area contributed by atoms with Crippen molar-refractivity contribution in [2.45, 2.75) is 26.5 Å². The maximum atomic E-state index is 11.7. The summed E-state index contributed by atoms with van der Waals surface area (Å²) >= 11 is 0. The molecule has 0 radical (unpaired) electrons. The van der Waals surface area contributed by atoms with Crippen molar-refractivity contribution in [2.75, 3.05) is 0 Å². The molecule has 1 amide bonds. The molecule has 0 unspecified atom stereocenters. The van der Waals surface area contributed by atoms with Gasteiger partial charge in [0.1, 0.15) is 6.61 Å². The number of guanidine groups is 1. The minimum Gasteiger partial charge on any atom is -0.444 e. The summed E-state index contributed by atoms with van der Waals surface area (Å²) in [7, 11) is 0. The maximum absolute atomic E-state index is 11.7. The molecule has 0 heterocycles. The van der Waals surface area contributed by atoms with E-state index in [1.807, 2.05) is 30.3 Å². The first-order chi connectivity index (χ1) is 8.02. The molecule has 0 spiro atoms. The van der Waals surface area contributed by atoms with E-state index in [1.54, 1.807) is 13.8 Å². The fourth-order valence-electron chi connectivity index (χ4n) is 1.38. The SMILES string of the molecule is CC(C)N(C(=N)N)C(=O)OCc1ccccc1. The summed E-state index contributed by atoms with van der Waals surface area (Å²) < 4.78 is 5.08. The number of rotatable bonds is 3. The van der Waals surface area contributed by atoms with Crippen LogP contribution < -0.4 is 5.73 Å². The number of nitrogens with zero attached hydrogens (tertiary/aromatic N) is 1. The zero-order valence-corrected chi connectivity index (χ0v) is 10.0. The van der Waals surface area contributed by atoms with Gasteiger partial charge in [0.15, 0.2) is 5.96 Å². The van der Waals surface area contributed by atoms with Crippen LogP contribution in [-0.4, -0.2) is 23.0 Å². The van der Waals surface area contributed by atoms with E-state index in [9.17, 15) is 4.79 Å². The molecule has 0 fully saturated rings. The van der Waals surface area contributed by atoms with E-state index in [1.165, 1.54) is 0 Å². The van der Waals surface area contributed by atoms with Crippen LogP contribution >= 0.6 is 0 Å². The lowest BCUT2D eigenvalue weighted by Gasteiger charge is -2.23. The van der Waals surface area contributed by atoms with Crippen molar-refractivity contribution >= 4 is 12.1 Å². The number of carbonyl (C=O) groups excluding carboxylic acids is 1. The zero-order chi connectivity index (χ0) is 12.8. The molecule has 0 atom stereocenters. The van der Waals surface area contributed by atoms with Gasteiger partial charge in [-0.05, 0) is 19.4 Å². The average Bonchev–Trinajstić information content (AvgIpc) is 2.27. The van der Waals surface area contributed by atoms with Crippen LogP contribution in [0.3, 0.4) is 0 Å². The van der Waals surface area contributed by atoms with Crippen molar-refractivity contribution in [3.8, 4) is 0 Å². The Bertz CT molecular complexity index is 390. The molecule has 0 aliphatic heterocycles. The van der Waals surface area contributed by atoms with Gasteiger partial charge >= 0.3 is 6.09 Å². The van der Waals surface area contributed by atoms with Crippen molar-refractivity contribution in [2.24, 2.45) is 5.73 Å². The third kappa shape index (κ3) is 3.79. The monoisotopic (exact) mass is 235 g/mol. The van der Waals surface area contributed by atoms with Gasteiger partial charge in [0.25, 0.3) is 0 Å². The van der Waals surface area contributed by atoms with Crippen molar-refractivity contribution in [3.05, 3.63) is 35.9 Å². The number of hydrogen-bond donors (Lipinski definition) is 2. The molecule has 5 nitrogen and oxygen atoms in total. The average molecular weight is 235 g/mol. The third-order valence-corrected chi connectivity index (χ3v) is 2.18. The van der Waals surface area contributed by atoms with E-state index in [4.69, 9.17) is 15.9 Å². The smallest absolute Gasteiger partial charge is 0.417 e. The van der Waals surface area contributed by atoms with Crippen LogP contribution in [-0.2, 0) is 11.3 Å². The molecule has 92 valence electrons. The second-order valence-electron chi connectivity index (χ2n) is 3.89. The normalized spacial score (nSPS) is 10.1. The van der Waals surface area contributed by atoms with Crippen molar-refractivity contribution in [1.82, 2.24) is 4.90 Å². The third-order valence-electron chi connectivity index (χ3n) is 2.18. The molecule has 1 aromatic carbocycles. The van der Waals surface area contributed by atoms with Crippen LogP contribution in [0.2, 0.25) is 0 Å². The van der Waals surface area contributed by atoms with Crippen LogP contribution in [0.1, 0.15) is 19.4 Å². The van der Waals surface area contributed by atoms with E-state index < -0.39 is 6.09 Å². The first-order valence-corrected chi connectivity index (χ1v) is 5.36. The van der Waals surface area contributed by atoms with Crippen LogP contribution in [0.25, 0.3) is 0 Å². The van der Waals surface area contributed by atoms with Crippen LogP contribution in [0.5, 0.6) is 0 Å². The fraction of sp³-hybridized carbons (Fsp3) is 0.333. The zero-order valence-electron chi connectivity index (χ0n) is 10.0. The highest BCUT2D eigenvalue weighted by atomic mass is 16.6. The summed E-state index contributed by atoms with van der Waals surface area (Å²) in [6.07, 6.45) is -0.601. The highest BCUT2D eigenvalue weighted by Crippen LogP contribution is 2.05. The predicted molar refractivity (Wildman–Crippen MR) is 65.5 cm³/mol. The number of ether oxygens (including phenoxy) is 1. The molecule has 0 saturated heterocycles. The van der Waals surface area contributed by atoms with E-state index >= 15 is 0 Å². The van der Waals surface area contributed by atoms with Crippen molar-refractivity contribution in [3.63, 3.8) is 0 Å². The molecule has 0 aromatic heterocycles. The lowest BCUT2D eigenvalue weighted by Crippen LogP contribution is -2.45. The number of amides is 1. The van der Waals surface area contributed by atoms with Gasteiger partial charge in [0, 0.05) is 6.04 Å². The summed E-state index contributed by atoms with van der Waals surface area (Å²) in [4.78, 5) is 12.8. The topological polar surface area (TPSA) is 79.4 Å². The Morgan fingerprint density at radius 1 is 1.41 bits per heavy atom. The lowest BCUT2D eigenvalue weighted by atomic mass is 10.2. The minimum atomic E-state index is -0.601. The number of benzene rings is 1. The predicted octanol–water partition coefficient (Wildman–Crippen LogP) is 1.93. The maximum Gasteiger partial charge on any atom is 0.417 e. The molecule has 3 N–H and O–H groups in total. The quantitative estimate of drug-likeness (QED) is 0.620. The van der Waals surface area contributed by atoms with Gasteiger partial charge in [-0.15, -0.1) is 0 Å². The summed E-state index contributed by atoms with van der Waals surface area (Å²) in [5, 5.41) is 7.30. The fourth-order valence-corrected chi connectivity index (χ4v) is 1.38. The Labute approximate surface area is 101 Å². The first-order valence-electron chi connectivity index (χ1n) is 5.36. The van der Waals surface area contributed by atoms with Crippen LogP contribution in [0, 0.1) is 5.41 Å². The lowest BCUT2D eigenvalue weighted by molar-refractivity contribution is 0.109. The molecule has 17 heavy (non-hydrogen) atoms. The summed E-state index contributed by atoms with van der Waals surface area (Å²) in [6, 6.07) is 9.15. The molecule has 0 aliphatic carbocycles.